The van der Waals surface area contributed by atoms with Gasteiger partial charge < -0.3 is 9.72 Å². The molecule has 3 N–H and O–H groups in total. The van der Waals surface area contributed by atoms with E-state index in [1.165, 1.54) is 18.3 Å². The van der Waals surface area contributed by atoms with Crippen LogP contribution in [0.25, 0.3) is 5.65 Å². The quantitative estimate of drug-likeness (QED) is 0.755. The van der Waals surface area contributed by atoms with Gasteiger partial charge in [0.05, 0.1) is 12.2 Å². The van der Waals surface area contributed by atoms with Crippen LogP contribution in [-0.2, 0) is 16.6 Å². The second-order valence-corrected chi connectivity index (χ2v) is 6.41. The second kappa shape index (κ2) is 5.39. The summed E-state index contributed by atoms with van der Waals surface area (Å²) in [5.74, 6) is 0.221. The predicted octanol–water partition coefficient (Wildman–Crippen LogP) is 1.30. The highest BCUT2D eigenvalue weighted by atomic mass is 32.2. The summed E-state index contributed by atoms with van der Waals surface area (Å²) in [4.78, 5) is 8.47. The van der Waals surface area contributed by atoms with Crippen molar-refractivity contribution < 1.29 is 8.42 Å². The fraction of sp³-hybridized carbons (Fsp3) is 0.143. The number of anilines is 1. The summed E-state index contributed by atoms with van der Waals surface area (Å²) in [5.41, 5.74) is 2.68. The number of primary sulfonamides is 1. The maximum absolute atomic E-state index is 11.5. The van der Waals surface area contributed by atoms with E-state index >= 15 is 0 Å². The second-order valence-electron chi connectivity index (χ2n) is 4.88. The van der Waals surface area contributed by atoms with Crippen LogP contribution in [0, 0.1) is 6.92 Å². The molecule has 0 aliphatic heterocycles. The van der Waals surface area contributed by atoms with Gasteiger partial charge in [-0.15, -0.1) is 0 Å². The van der Waals surface area contributed by atoms with Crippen LogP contribution in [0.3, 0.4) is 0 Å². The number of nitrogens with two attached hydrogens (primary N) is 1. The highest BCUT2D eigenvalue weighted by Gasteiger charge is 2.14. The first-order valence-electron chi connectivity index (χ1n) is 6.60. The molecule has 7 nitrogen and oxygen atoms in total. The molecule has 3 rings (SSSR count). The van der Waals surface area contributed by atoms with E-state index in [1.807, 2.05) is 35.7 Å². The van der Waals surface area contributed by atoms with E-state index < -0.39 is 10.0 Å². The van der Waals surface area contributed by atoms with Crippen molar-refractivity contribution in [3.05, 3.63) is 54.1 Å². The first-order valence-corrected chi connectivity index (χ1v) is 8.15. The number of hydrogen-bond donors (Lipinski definition) is 2. The van der Waals surface area contributed by atoms with Crippen molar-refractivity contribution in [3.8, 4) is 0 Å². The normalized spacial score (nSPS) is 11.7. The zero-order chi connectivity index (χ0) is 15.7. The molecule has 0 atom stereocenters. The molecular formula is C14H15N5O2S. The average molecular weight is 317 g/mol. The molecule has 3 aromatic rings. The van der Waals surface area contributed by atoms with Crippen molar-refractivity contribution in [2.24, 2.45) is 5.14 Å². The van der Waals surface area contributed by atoms with Gasteiger partial charge in [0.15, 0.2) is 0 Å². The van der Waals surface area contributed by atoms with E-state index in [4.69, 9.17) is 5.14 Å². The van der Waals surface area contributed by atoms with E-state index in [9.17, 15) is 8.42 Å². The Bertz CT molecular complexity index is 933. The van der Waals surface area contributed by atoms with Gasteiger partial charge in [-0.25, -0.2) is 23.5 Å². The molecule has 0 aliphatic rings. The van der Waals surface area contributed by atoms with Crippen LogP contribution < -0.4 is 10.5 Å². The number of nitrogens with one attached hydrogen (secondary N) is 1. The van der Waals surface area contributed by atoms with Crippen molar-refractivity contribution in [1.82, 2.24) is 14.4 Å². The minimum atomic E-state index is -3.82. The van der Waals surface area contributed by atoms with E-state index in [0.717, 1.165) is 17.0 Å². The fourth-order valence-electron chi connectivity index (χ4n) is 2.21. The maximum atomic E-state index is 11.5. The highest BCUT2D eigenvalue weighted by Crippen LogP contribution is 2.17. The molecule has 3 heterocycles. The lowest BCUT2D eigenvalue weighted by Crippen LogP contribution is -2.16. The lowest BCUT2D eigenvalue weighted by molar-refractivity contribution is 0.597. The van der Waals surface area contributed by atoms with Crippen molar-refractivity contribution in [3.63, 3.8) is 0 Å². The molecule has 3 aromatic heterocycles. The van der Waals surface area contributed by atoms with Gasteiger partial charge in [0.2, 0.25) is 10.0 Å². The first-order chi connectivity index (χ1) is 10.4. The third-order valence-electron chi connectivity index (χ3n) is 3.26. The smallest absolute Gasteiger partial charge is 0.241 e. The van der Waals surface area contributed by atoms with E-state index in [2.05, 4.69) is 15.3 Å². The number of pyridine rings is 2. The number of aromatic nitrogens is 3. The lowest BCUT2D eigenvalue weighted by atomic mass is 10.4. The van der Waals surface area contributed by atoms with E-state index in [0.29, 0.717) is 6.54 Å². The number of fused-ring (bicyclic) bond motifs is 1. The average Bonchev–Trinajstić information content (AvgIpc) is 2.89. The van der Waals surface area contributed by atoms with E-state index in [-0.39, 0.29) is 10.7 Å². The Morgan fingerprint density at radius 1 is 1.27 bits per heavy atom. The molecule has 0 spiro atoms. The largest absolute Gasteiger partial charge is 0.363 e. The molecule has 114 valence electrons. The Hall–Kier alpha value is -2.45. The minimum Gasteiger partial charge on any atom is -0.363 e. The van der Waals surface area contributed by atoms with Crippen molar-refractivity contribution in [1.29, 1.82) is 0 Å². The standard InChI is InChI=1S/C14H15N5O2S/c1-10-4-2-6-13-18-11(9-19(10)13)8-17-14-12(22(15,20)21)5-3-7-16-14/h2-7,9H,8H2,1H3,(H,16,17)(H2,15,20,21). The minimum absolute atomic E-state index is 0.0325. The molecule has 8 heteroatoms. The van der Waals surface area contributed by atoms with Gasteiger partial charge in [-0.1, -0.05) is 6.07 Å². The predicted molar refractivity (Wildman–Crippen MR) is 82.9 cm³/mol. The number of imidazole rings is 1. The molecule has 0 fully saturated rings. The van der Waals surface area contributed by atoms with Crippen LogP contribution in [-0.4, -0.2) is 22.8 Å². The monoisotopic (exact) mass is 317 g/mol. The lowest BCUT2D eigenvalue weighted by Gasteiger charge is -2.07. The molecule has 0 saturated heterocycles. The molecular weight excluding hydrogens is 302 g/mol. The summed E-state index contributed by atoms with van der Waals surface area (Å²) in [6.45, 7) is 2.34. The topological polar surface area (TPSA) is 102 Å². The van der Waals surface area contributed by atoms with Crippen molar-refractivity contribution in [2.75, 3.05) is 5.32 Å². The highest BCUT2D eigenvalue weighted by molar-refractivity contribution is 7.89. The molecule has 0 unspecified atom stereocenters. The van der Waals surface area contributed by atoms with Gasteiger partial charge in [0.1, 0.15) is 16.4 Å². The summed E-state index contributed by atoms with van der Waals surface area (Å²) in [5, 5.41) is 8.15. The Balaban J connectivity index is 1.87. The zero-order valence-corrected chi connectivity index (χ0v) is 12.7. The summed E-state index contributed by atoms with van der Waals surface area (Å²) >= 11 is 0. The Morgan fingerprint density at radius 3 is 2.82 bits per heavy atom. The number of aryl methyl sites for hydroxylation is 1. The summed E-state index contributed by atoms with van der Waals surface area (Å²) in [6.07, 6.45) is 3.40. The van der Waals surface area contributed by atoms with Crippen LogP contribution in [0.5, 0.6) is 0 Å². The Labute approximate surface area is 127 Å². The van der Waals surface area contributed by atoms with Crippen molar-refractivity contribution in [2.45, 2.75) is 18.4 Å². The third-order valence-corrected chi connectivity index (χ3v) is 4.20. The van der Waals surface area contributed by atoms with Gasteiger partial charge in [0.25, 0.3) is 0 Å². The van der Waals surface area contributed by atoms with Crippen LogP contribution >= 0.6 is 0 Å². The van der Waals surface area contributed by atoms with Crippen LogP contribution in [0.4, 0.5) is 5.82 Å². The van der Waals surface area contributed by atoms with Gasteiger partial charge in [-0.3, -0.25) is 0 Å². The SMILES string of the molecule is Cc1cccc2nc(CNc3ncccc3S(N)(=O)=O)cn12. The van der Waals surface area contributed by atoms with E-state index in [1.54, 1.807) is 0 Å². The van der Waals surface area contributed by atoms with Gasteiger partial charge >= 0.3 is 0 Å². The van der Waals surface area contributed by atoms with Crippen LogP contribution in [0.2, 0.25) is 0 Å². The summed E-state index contributed by atoms with van der Waals surface area (Å²) < 4.78 is 25.0. The molecule has 0 bridgehead atoms. The molecule has 0 aromatic carbocycles. The van der Waals surface area contributed by atoms with Gasteiger partial charge in [-0.2, -0.15) is 0 Å². The molecule has 22 heavy (non-hydrogen) atoms. The first kappa shape index (κ1) is 14.5. The maximum Gasteiger partial charge on any atom is 0.241 e. The number of sulfonamides is 1. The van der Waals surface area contributed by atoms with Crippen LogP contribution in [0.15, 0.2) is 47.6 Å². The Morgan fingerprint density at radius 2 is 2.09 bits per heavy atom. The Kier molecular flexibility index (Phi) is 3.55. The van der Waals surface area contributed by atoms with Crippen LogP contribution in [0.1, 0.15) is 11.4 Å². The number of hydrogen-bond acceptors (Lipinski definition) is 5. The van der Waals surface area contributed by atoms with Gasteiger partial charge in [0, 0.05) is 18.1 Å². The number of nitrogens with zero attached hydrogens (tertiary/aromatic N) is 3. The molecule has 0 radical (unpaired) electrons. The molecule has 0 saturated carbocycles. The molecule has 0 aliphatic carbocycles. The fourth-order valence-corrected chi connectivity index (χ4v) is 2.87. The number of rotatable bonds is 4. The van der Waals surface area contributed by atoms with Gasteiger partial charge in [-0.05, 0) is 31.2 Å². The molecule has 0 amide bonds. The van der Waals surface area contributed by atoms with Crippen molar-refractivity contribution >= 4 is 21.5 Å². The zero-order valence-electron chi connectivity index (χ0n) is 11.9. The summed E-state index contributed by atoms with van der Waals surface area (Å²) in [7, 11) is -3.82. The summed E-state index contributed by atoms with van der Waals surface area (Å²) in [6, 6.07) is 8.78. The third kappa shape index (κ3) is 2.78.